The first-order chi connectivity index (χ1) is 10.7. The van der Waals surface area contributed by atoms with Crippen LogP contribution in [-0.2, 0) is 14.3 Å². The van der Waals surface area contributed by atoms with E-state index in [9.17, 15) is 19.8 Å². The summed E-state index contributed by atoms with van der Waals surface area (Å²) < 4.78 is 5.19. The number of aliphatic hydroxyl groups is 2. The highest BCUT2D eigenvalue weighted by molar-refractivity contribution is 5.98. The maximum absolute atomic E-state index is 12.4. The number of likely N-dealkylation sites (tertiary alicyclic amines) is 1. The summed E-state index contributed by atoms with van der Waals surface area (Å²) in [5, 5.41) is 20.8. The SMILES string of the molecule is CC(C)CC1(C)CC(=O)N(CC(O)C2(O)CCOCC2)C(=O)C1. The van der Waals surface area contributed by atoms with E-state index in [1.807, 2.05) is 6.92 Å². The van der Waals surface area contributed by atoms with E-state index in [1.54, 1.807) is 0 Å². The van der Waals surface area contributed by atoms with Gasteiger partial charge in [0.25, 0.3) is 0 Å². The topological polar surface area (TPSA) is 87.1 Å². The van der Waals surface area contributed by atoms with Crippen LogP contribution in [0.25, 0.3) is 0 Å². The standard InChI is InChI=1S/C17H29NO5/c1-12(2)8-16(3)9-14(20)18(15(21)10-16)11-13(19)17(22)4-6-23-7-5-17/h12-13,19,22H,4-11H2,1-3H3. The zero-order chi connectivity index (χ0) is 17.3. The zero-order valence-corrected chi connectivity index (χ0v) is 14.4. The lowest BCUT2D eigenvalue weighted by Gasteiger charge is -2.42. The molecule has 2 amide bonds. The fraction of sp³-hybridized carbons (Fsp3) is 0.882. The van der Waals surface area contributed by atoms with Gasteiger partial charge in [-0.1, -0.05) is 20.8 Å². The first-order valence-corrected chi connectivity index (χ1v) is 8.47. The van der Waals surface area contributed by atoms with Gasteiger partial charge in [0, 0.05) is 38.9 Å². The zero-order valence-electron chi connectivity index (χ0n) is 14.4. The van der Waals surface area contributed by atoms with Crippen molar-refractivity contribution >= 4 is 11.8 Å². The van der Waals surface area contributed by atoms with E-state index in [0.717, 1.165) is 11.3 Å². The van der Waals surface area contributed by atoms with E-state index in [0.29, 0.717) is 44.8 Å². The van der Waals surface area contributed by atoms with E-state index in [4.69, 9.17) is 4.74 Å². The molecular formula is C17H29NO5. The van der Waals surface area contributed by atoms with Gasteiger partial charge in [-0.25, -0.2) is 0 Å². The van der Waals surface area contributed by atoms with Crippen molar-refractivity contribution in [2.24, 2.45) is 11.3 Å². The molecule has 2 N–H and O–H groups in total. The molecule has 0 saturated carbocycles. The molecule has 132 valence electrons. The summed E-state index contributed by atoms with van der Waals surface area (Å²) in [5.74, 6) is -0.0843. The van der Waals surface area contributed by atoms with Crippen LogP contribution in [0.4, 0.5) is 0 Å². The minimum Gasteiger partial charge on any atom is -0.388 e. The molecule has 2 fully saturated rings. The van der Waals surface area contributed by atoms with Crippen LogP contribution >= 0.6 is 0 Å². The molecule has 2 heterocycles. The lowest BCUT2D eigenvalue weighted by atomic mass is 9.73. The van der Waals surface area contributed by atoms with E-state index >= 15 is 0 Å². The van der Waals surface area contributed by atoms with Gasteiger partial charge in [0.05, 0.1) is 12.1 Å². The molecule has 0 spiro atoms. The van der Waals surface area contributed by atoms with Crippen LogP contribution in [0.1, 0.15) is 52.9 Å². The number of aliphatic hydroxyl groups excluding tert-OH is 1. The number of carbonyl (C=O) groups excluding carboxylic acids is 2. The third-order valence-electron chi connectivity index (χ3n) is 4.99. The van der Waals surface area contributed by atoms with Crippen LogP contribution in [-0.4, -0.2) is 58.4 Å². The van der Waals surface area contributed by atoms with Crippen LogP contribution in [0.2, 0.25) is 0 Å². The fourth-order valence-electron chi connectivity index (χ4n) is 3.86. The smallest absolute Gasteiger partial charge is 0.229 e. The van der Waals surface area contributed by atoms with E-state index in [-0.39, 0.29) is 23.8 Å². The molecule has 1 atom stereocenters. The van der Waals surface area contributed by atoms with Crippen LogP contribution in [0.15, 0.2) is 0 Å². The van der Waals surface area contributed by atoms with Crippen LogP contribution in [0, 0.1) is 11.3 Å². The summed E-state index contributed by atoms with van der Waals surface area (Å²) in [7, 11) is 0. The van der Waals surface area contributed by atoms with E-state index in [1.165, 1.54) is 0 Å². The lowest BCUT2D eigenvalue weighted by molar-refractivity contribution is -0.164. The second-order valence-electron chi connectivity index (χ2n) is 7.89. The van der Waals surface area contributed by atoms with Gasteiger partial charge in [0.1, 0.15) is 6.10 Å². The number of ether oxygens (including phenoxy) is 1. The molecule has 0 bridgehead atoms. The Bertz CT molecular complexity index is 438. The summed E-state index contributed by atoms with van der Waals surface area (Å²) in [6.45, 7) is 6.76. The minimum absolute atomic E-state index is 0.133. The molecule has 0 aromatic carbocycles. The molecule has 23 heavy (non-hydrogen) atoms. The van der Waals surface area contributed by atoms with Crippen molar-refractivity contribution in [2.45, 2.75) is 64.6 Å². The molecule has 0 aliphatic carbocycles. The largest absolute Gasteiger partial charge is 0.388 e. The van der Waals surface area contributed by atoms with Gasteiger partial charge < -0.3 is 14.9 Å². The predicted octanol–water partition coefficient (Wildman–Crippen LogP) is 1.09. The highest BCUT2D eigenvalue weighted by Crippen LogP contribution is 2.38. The normalized spacial score (nSPS) is 25.7. The summed E-state index contributed by atoms with van der Waals surface area (Å²) >= 11 is 0. The number of piperidine rings is 1. The molecule has 0 aromatic rings. The quantitative estimate of drug-likeness (QED) is 0.738. The van der Waals surface area contributed by atoms with Crippen molar-refractivity contribution in [3.05, 3.63) is 0 Å². The van der Waals surface area contributed by atoms with Crippen molar-refractivity contribution in [3.63, 3.8) is 0 Å². The highest BCUT2D eigenvalue weighted by Gasteiger charge is 2.44. The van der Waals surface area contributed by atoms with E-state index < -0.39 is 11.7 Å². The van der Waals surface area contributed by atoms with Crippen LogP contribution in [0.5, 0.6) is 0 Å². The van der Waals surface area contributed by atoms with Gasteiger partial charge in [-0.3, -0.25) is 14.5 Å². The second kappa shape index (κ2) is 6.87. The molecule has 0 aromatic heterocycles. The van der Waals surface area contributed by atoms with Gasteiger partial charge in [0.2, 0.25) is 11.8 Å². The second-order valence-corrected chi connectivity index (χ2v) is 7.89. The fourth-order valence-corrected chi connectivity index (χ4v) is 3.86. The summed E-state index contributed by atoms with van der Waals surface area (Å²) in [5.41, 5.74) is -1.59. The molecule has 6 heteroatoms. The van der Waals surface area contributed by atoms with Gasteiger partial charge in [-0.05, 0) is 17.8 Å². The van der Waals surface area contributed by atoms with Gasteiger partial charge in [-0.2, -0.15) is 0 Å². The molecule has 6 nitrogen and oxygen atoms in total. The Hall–Kier alpha value is -0.980. The average Bonchev–Trinajstić information content (AvgIpc) is 2.42. The number of nitrogens with zero attached hydrogens (tertiary/aromatic N) is 1. The van der Waals surface area contributed by atoms with Crippen LogP contribution in [0.3, 0.4) is 0 Å². The molecular weight excluding hydrogens is 298 g/mol. The van der Waals surface area contributed by atoms with Crippen molar-refractivity contribution in [1.82, 2.24) is 4.90 Å². The molecule has 0 radical (unpaired) electrons. The average molecular weight is 327 g/mol. The highest BCUT2D eigenvalue weighted by atomic mass is 16.5. The molecule has 2 rings (SSSR count). The number of amides is 2. The number of imide groups is 1. The Morgan fingerprint density at radius 1 is 1.17 bits per heavy atom. The molecule has 2 aliphatic heterocycles. The predicted molar refractivity (Wildman–Crippen MR) is 84.5 cm³/mol. The summed E-state index contributed by atoms with van der Waals surface area (Å²) in [6.07, 6.45) is 0.942. The Morgan fingerprint density at radius 3 is 2.17 bits per heavy atom. The Balaban J connectivity index is 2.01. The molecule has 2 aliphatic rings. The molecule has 1 unspecified atom stereocenters. The number of carbonyl (C=O) groups is 2. The summed E-state index contributed by atoms with van der Waals surface area (Å²) in [4.78, 5) is 25.9. The minimum atomic E-state index is -1.28. The first-order valence-electron chi connectivity index (χ1n) is 8.47. The van der Waals surface area contributed by atoms with Crippen LogP contribution < -0.4 is 0 Å². The van der Waals surface area contributed by atoms with Crippen molar-refractivity contribution in [1.29, 1.82) is 0 Å². The Morgan fingerprint density at radius 2 is 1.70 bits per heavy atom. The van der Waals surface area contributed by atoms with E-state index in [2.05, 4.69) is 13.8 Å². The maximum Gasteiger partial charge on any atom is 0.229 e. The number of rotatable bonds is 5. The number of hydrogen-bond donors (Lipinski definition) is 2. The monoisotopic (exact) mass is 327 g/mol. The third kappa shape index (κ3) is 4.31. The van der Waals surface area contributed by atoms with Crippen molar-refractivity contribution in [2.75, 3.05) is 19.8 Å². The van der Waals surface area contributed by atoms with Crippen molar-refractivity contribution < 1.29 is 24.5 Å². The maximum atomic E-state index is 12.4. The number of hydrogen-bond acceptors (Lipinski definition) is 5. The Labute approximate surface area is 137 Å². The number of β-amino-alcohol motifs (C(OH)–C–C–N with tert-alkyl or cyclic N) is 1. The summed E-state index contributed by atoms with van der Waals surface area (Å²) in [6, 6.07) is 0. The third-order valence-corrected chi connectivity index (χ3v) is 4.99. The van der Waals surface area contributed by atoms with Gasteiger partial charge in [0.15, 0.2) is 0 Å². The first kappa shape index (κ1) is 18.4. The van der Waals surface area contributed by atoms with Gasteiger partial charge >= 0.3 is 0 Å². The van der Waals surface area contributed by atoms with Crippen molar-refractivity contribution in [3.8, 4) is 0 Å². The Kier molecular flexibility index (Phi) is 5.48. The molecule has 2 saturated heterocycles. The lowest BCUT2D eigenvalue weighted by Crippen LogP contribution is -2.56. The van der Waals surface area contributed by atoms with Gasteiger partial charge in [-0.15, -0.1) is 0 Å².